The van der Waals surface area contributed by atoms with Crippen LogP contribution in [-0.2, 0) is 0 Å². The third kappa shape index (κ3) is 7.97. The Morgan fingerprint density at radius 3 is 2.69 bits per heavy atom. The molecule has 0 heterocycles. The van der Waals surface area contributed by atoms with Gasteiger partial charge >= 0.3 is 0 Å². The molecule has 0 saturated carbocycles. The summed E-state index contributed by atoms with van der Waals surface area (Å²) in [5, 5.41) is 6.47. The quantitative estimate of drug-likeness (QED) is 0.430. The van der Waals surface area contributed by atoms with Gasteiger partial charge in [-0.05, 0) is 57.0 Å². The molecule has 94 valence electrons. The highest BCUT2D eigenvalue weighted by Gasteiger charge is 2.09. The Balaban J connectivity index is 3.62. The lowest BCUT2D eigenvalue weighted by Gasteiger charge is -2.17. The van der Waals surface area contributed by atoms with Crippen molar-refractivity contribution in [2.75, 3.05) is 26.4 Å². The fourth-order valence-corrected chi connectivity index (χ4v) is 2.51. The smallest absolute Gasteiger partial charge is 0.0374 e. The van der Waals surface area contributed by atoms with Crippen molar-refractivity contribution in [3.8, 4) is 0 Å². The van der Waals surface area contributed by atoms with E-state index >= 15 is 0 Å². The van der Waals surface area contributed by atoms with Crippen LogP contribution in [0.15, 0.2) is 24.1 Å². The van der Waals surface area contributed by atoms with E-state index in [0.717, 1.165) is 19.4 Å². The summed E-state index contributed by atoms with van der Waals surface area (Å²) in [6.07, 6.45) is 6.61. The number of unbranched alkanes of at least 4 members (excludes halogenated alkanes) is 1. The maximum atomic E-state index is 4.15. The molecular formula is C13H26N2S. The van der Waals surface area contributed by atoms with Crippen LogP contribution < -0.4 is 10.6 Å². The molecule has 0 bridgehead atoms. The van der Waals surface area contributed by atoms with Crippen LogP contribution in [0.3, 0.4) is 0 Å². The zero-order valence-corrected chi connectivity index (χ0v) is 11.5. The molecule has 16 heavy (non-hydrogen) atoms. The minimum absolute atomic E-state index is 0.423. The predicted molar refractivity (Wildman–Crippen MR) is 77.0 cm³/mol. The minimum Gasteiger partial charge on any atom is -0.320 e. The zero-order valence-electron chi connectivity index (χ0n) is 10.7. The standard InChI is InChI=1S/C13H26N2S/c1-5-6-9-13(15-4)12(2)16-11-8-7-10-14-3/h5,13-15H,1-2,6-11H2,3-4H3. The van der Waals surface area contributed by atoms with E-state index in [9.17, 15) is 0 Å². The lowest BCUT2D eigenvalue weighted by molar-refractivity contribution is 0.615. The molecule has 0 aliphatic carbocycles. The van der Waals surface area contributed by atoms with Gasteiger partial charge in [-0.15, -0.1) is 18.3 Å². The van der Waals surface area contributed by atoms with Gasteiger partial charge in [0.2, 0.25) is 0 Å². The Hall–Kier alpha value is -0.250. The average Bonchev–Trinajstić information content (AvgIpc) is 2.30. The fraction of sp³-hybridized carbons (Fsp3) is 0.692. The Morgan fingerprint density at radius 2 is 2.12 bits per heavy atom. The van der Waals surface area contributed by atoms with Gasteiger partial charge in [0.1, 0.15) is 0 Å². The van der Waals surface area contributed by atoms with Crippen LogP contribution >= 0.6 is 11.8 Å². The van der Waals surface area contributed by atoms with E-state index in [1.165, 1.54) is 23.5 Å². The van der Waals surface area contributed by atoms with Crippen LogP contribution in [-0.4, -0.2) is 32.4 Å². The van der Waals surface area contributed by atoms with Crippen LogP contribution in [0.1, 0.15) is 25.7 Å². The Kier molecular flexibility index (Phi) is 11.1. The normalized spacial score (nSPS) is 12.4. The number of thioether (sulfide) groups is 1. The Labute approximate surface area is 105 Å². The van der Waals surface area contributed by atoms with Gasteiger partial charge in [-0.3, -0.25) is 0 Å². The van der Waals surface area contributed by atoms with Gasteiger partial charge in [0.05, 0.1) is 0 Å². The highest BCUT2D eigenvalue weighted by molar-refractivity contribution is 8.03. The lowest BCUT2D eigenvalue weighted by Crippen LogP contribution is -2.25. The van der Waals surface area contributed by atoms with Crippen LogP contribution in [0.2, 0.25) is 0 Å². The second-order valence-corrected chi connectivity index (χ2v) is 5.05. The molecule has 0 radical (unpaired) electrons. The molecule has 0 aromatic heterocycles. The summed E-state index contributed by atoms with van der Waals surface area (Å²) in [5.74, 6) is 1.17. The summed E-state index contributed by atoms with van der Waals surface area (Å²) in [6, 6.07) is 0.423. The maximum absolute atomic E-state index is 4.15. The monoisotopic (exact) mass is 242 g/mol. The van der Waals surface area contributed by atoms with Crippen molar-refractivity contribution in [1.29, 1.82) is 0 Å². The van der Waals surface area contributed by atoms with Crippen LogP contribution in [0.5, 0.6) is 0 Å². The first-order valence-corrected chi connectivity index (χ1v) is 6.99. The number of hydrogen-bond acceptors (Lipinski definition) is 3. The van der Waals surface area contributed by atoms with E-state index in [1.54, 1.807) is 0 Å². The average molecular weight is 242 g/mol. The number of allylic oxidation sites excluding steroid dienone is 1. The van der Waals surface area contributed by atoms with Gasteiger partial charge in [-0.25, -0.2) is 0 Å². The van der Waals surface area contributed by atoms with Gasteiger partial charge < -0.3 is 10.6 Å². The first-order valence-electron chi connectivity index (χ1n) is 6.00. The van der Waals surface area contributed by atoms with Gasteiger partial charge in [-0.1, -0.05) is 12.7 Å². The summed E-state index contributed by atoms with van der Waals surface area (Å²) >= 11 is 1.89. The Morgan fingerprint density at radius 1 is 1.38 bits per heavy atom. The van der Waals surface area contributed by atoms with E-state index < -0.39 is 0 Å². The molecule has 2 nitrogen and oxygen atoms in total. The van der Waals surface area contributed by atoms with Crippen molar-refractivity contribution in [1.82, 2.24) is 10.6 Å². The molecule has 3 heteroatoms. The predicted octanol–water partition coefficient (Wildman–Crippen LogP) is 2.79. The summed E-state index contributed by atoms with van der Waals surface area (Å²) in [6.45, 7) is 9.01. The summed E-state index contributed by atoms with van der Waals surface area (Å²) in [7, 11) is 4.00. The summed E-state index contributed by atoms with van der Waals surface area (Å²) < 4.78 is 0. The highest BCUT2D eigenvalue weighted by atomic mass is 32.2. The third-order valence-electron chi connectivity index (χ3n) is 2.51. The van der Waals surface area contributed by atoms with E-state index in [2.05, 4.69) is 23.8 Å². The first kappa shape index (κ1) is 15.8. The molecule has 0 saturated heterocycles. The Bertz CT molecular complexity index is 192. The number of rotatable bonds is 11. The van der Waals surface area contributed by atoms with Gasteiger partial charge in [0.15, 0.2) is 0 Å². The fourth-order valence-electron chi connectivity index (χ4n) is 1.46. The van der Waals surface area contributed by atoms with E-state index in [1.807, 2.05) is 31.9 Å². The molecular weight excluding hydrogens is 216 g/mol. The van der Waals surface area contributed by atoms with Crippen LogP contribution in [0.25, 0.3) is 0 Å². The SMILES string of the molecule is C=CCCC(NC)C(=C)SCCCCNC. The number of nitrogens with one attached hydrogen (secondary N) is 2. The summed E-state index contributed by atoms with van der Waals surface area (Å²) in [5.41, 5.74) is 0. The number of hydrogen-bond donors (Lipinski definition) is 2. The van der Waals surface area contributed by atoms with Crippen LogP contribution in [0, 0.1) is 0 Å². The molecule has 0 amide bonds. The zero-order chi connectivity index (χ0) is 12.2. The van der Waals surface area contributed by atoms with Crippen molar-refractivity contribution in [3.05, 3.63) is 24.1 Å². The second kappa shape index (κ2) is 11.2. The third-order valence-corrected chi connectivity index (χ3v) is 3.65. The molecule has 0 fully saturated rings. The van der Waals surface area contributed by atoms with Crippen molar-refractivity contribution in [2.45, 2.75) is 31.7 Å². The molecule has 0 aliphatic heterocycles. The van der Waals surface area contributed by atoms with E-state index in [-0.39, 0.29) is 0 Å². The molecule has 0 aromatic carbocycles. The van der Waals surface area contributed by atoms with Crippen molar-refractivity contribution < 1.29 is 0 Å². The molecule has 1 unspecified atom stereocenters. The van der Waals surface area contributed by atoms with Crippen molar-refractivity contribution in [3.63, 3.8) is 0 Å². The van der Waals surface area contributed by atoms with E-state index in [0.29, 0.717) is 6.04 Å². The molecule has 0 aromatic rings. The largest absolute Gasteiger partial charge is 0.320 e. The molecule has 2 N–H and O–H groups in total. The van der Waals surface area contributed by atoms with Crippen molar-refractivity contribution in [2.24, 2.45) is 0 Å². The van der Waals surface area contributed by atoms with Gasteiger partial charge in [-0.2, -0.15) is 0 Å². The summed E-state index contributed by atoms with van der Waals surface area (Å²) in [4.78, 5) is 1.26. The van der Waals surface area contributed by atoms with Gasteiger partial charge in [0.25, 0.3) is 0 Å². The van der Waals surface area contributed by atoms with Gasteiger partial charge in [0, 0.05) is 6.04 Å². The van der Waals surface area contributed by atoms with Crippen LogP contribution in [0.4, 0.5) is 0 Å². The molecule has 0 spiro atoms. The number of likely N-dealkylation sites (N-methyl/N-ethyl adjacent to an activating group) is 1. The molecule has 0 aliphatic rings. The highest BCUT2D eigenvalue weighted by Crippen LogP contribution is 2.21. The molecule has 1 atom stereocenters. The lowest BCUT2D eigenvalue weighted by atomic mass is 10.1. The first-order chi connectivity index (χ1) is 7.76. The van der Waals surface area contributed by atoms with Crippen molar-refractivity contribution >= 4 is 11.8 Å². The second-order valence-electron chi connectivity index (χ2n) is 3.83. The van der Waals surface area contributed by atoms with E-state index in [4.69, 9.17) is 0 Å². The topological polar surface area (TPSA) is 24.1 Å². The minimum atomic E-state index is 0.423. The maximum Gasteiger partial charge on any atom is 0.0374 e. The molecule has 0 rings (SSSR count).